The molecule has 0 radical (unpaired) electrons. The molecule has 0 aliphatic carbocycles. The van der Waals surface area contributed by atoms with Gasteiger partial charge in [-0.05, 0) is 25.5 Å². The Morgan fingerprint density at radius 3 is 2.68 bits per heavy atom. The highest BCUT2D eigenvalue weighted by molar-refractivity contribution is 6.31. The summed E-state index contributed by atoms with van der Waals surface area (Å²) < 4.78 is 0. The molecule has 0 amide bonds. The van der Waals surface area contributed by atoms with Crippen molar-refractivity contribution < 1.29 is 4.92 Å². The Balaban J connectivity index is 2.85. The summed E-state index contributed by atoms with van der Waals surface area (Å²) in [5.41, 5.74) is 0.820. The first-order chi connectivity index (χ1) is 8.95. The highest BCUT2D eigenvalue weighted by atomic mass is 35.5. The van der Waals surface area contributed by atoms with Crippen molar-refractivity contribution in [2.75, 3.05) is 6.54 Å². The Morgan fingerprint density at radius 2 is 2.21 bits per heavy atom. The molecule has 5 nitrogen and oxygen atoms in total. The van der Waals surface area contributed by atoms with Gasteiger partial charge in [-0.1, -0.05) is 11.6 Å². The van der Waals surface area contributed by atoms with Crippen molar-refractivity contribution in [1.29, 1.82) is 5.26 Å². The highest BCUT2D eigenvalue weighted by Gasteiger charge is 2.14. The topological polar surface area (TPSA) is 70.2 Å². The molecule has 102 valence electrons. The zero-order chi connectivity index (χ0) is 14.4. The summed E-state index contributed by atoms with van der Waals surface area (Å²) in [5, 5.41) is 19.7. The normalized spacial score (nSPS) is 10.7. The van der Waals surface area contributed by atoms with E-state index in [-0.39, 0.29) is 11.7 Å². The fourth-order valence-corrected chi connectivity index (χ4v) is 1.94. The van der Waals surface area contributed by atoms with Crippen molar-refractivity contribution in [2.45, 2.75) is 32.9 Å². The van der Waals surface area contributed by atoms with Crippen LogP contribution in [0.25, 0.3) is 0 Å². The Labute approximate surface area is 117 Å². The van der Waals surface area contributed by atoms with Gasteiger partial charge in [-0.15, -0.1) is 0 Å². The van der Waals surface area contributed by atoms with E-state index in [0.29, 0.717) is 24.5 Å². The van der Waals surface area contributed by atoms with Crippen LogP contribution in [0.4, 0.5) is 5.69 Å². The fraction of sp³-hybridized carbons (Fsp3) is 0.462. The summed E-state index contributed by atoms with van der Waals surface area (Å²) in [4.78, 5) is 12.3. The van der Waals surface area contributed by atoms with Gasteiger partial charge >= 0.3 is 0 Å². The van der Waals surface area contributed by atoms with E-state index in [2.05, 4.69) is 11.0 Å². The molecule has 0 heterocycles. The first-order valence-electron chi connectivity index (χ1n) is 5.99. The summed E-state index contributed by atoms with van der Waals surface area (Å²) >= 11 is 6.06. The van der Waals surface area contributed by atoms with E-state index < -0.39 is 4.92 Å². The van der Waals surface area contributed by atoms with Gasteiger partial charge in [-0.25, -0.2) is 0 Å². The minimum atomic E-state index is -0.467. The zero-order valence-corrected chi connectivity index (χ0v) is 11.7. The number of nitro benzene ring substituents is 1. The fourth-order valence-electron chi connectivity index (χ4n) is 1.71. The van der Waals surface area contributed by atoms with E-state index >= 15 is 0 Å². The van der Waals surface area contributed by atoms with Crippen LogP contribution in [-0.2, 0) is 6.54 Å². The lowest BCUT2D eigenvalue weighted by Gasteiger charge is -2.25. The number of hydrogen-bond donors (Lipinski definition) is 0. The molecule has 1 aromatic rings. The lowest BCUT2D eigenvalue weighted by Crippen LogP contribution is -2.31. The molecule has 0 saturated carbocycles. The highest BCUT2D eigenvalue weighted by Crippen LogP contribution is 2.24. The Kier molecular flexibility index (Phi) is 5.74. The molecule has 19 heavy (non-hydrogen) atoms. The lowest BCUT2D eigenvalue weighted by atomic mass is 10.1. The number of benzene rings is 1. The number of hydrogen-bond acceptors (Lipinski definition) is 4. The lowest BCUT2D eigenvalue weighted by molar-refractivity contribution is -0.384. The van der Waals surface area contributed by atoms with Crippen LogP contribution in [0.15, 0.2) is 18.2 Å². The van der Waals surface area contributed by atoms with Crippen LogP contribution in [0, 0.1) is 21.4 Å². The van der Waals surface area contributed by atoms with Gasteiger partial charge in [0.1, 0.15) is 0 Å². The summed E-state index contributed by atoms with van der Waals surface area (Å²) in [6, 6.07) is 6.87. The van der Waals surface area contributed by atoms with Crippen LogP contribution in [0.3, 0.4) is 0 Å². The SMILES string of the molecule is CC(C)N(CCC#N)Cc1ccc([N+](=O)[O-])cc1Cl. The molecule has 0 unspecified atom stereocenters. The molecule has 1 rings (SSSR count). The minimum absolute atomic E-state index is 0.0122. The third-order valence-corrected chi connectivity index (χ3v) is 3.21. The van der Waals surface area contributed by atoms with Crippen molar-refractivity contribution >= 4 is 17.3 Å². The zero-order valence-electron chi connectivity index (χ0n) is 11.0. The number of halogens is 1. The number of non-ortho nitro benzene ring substituents is 1. The molecule has 0 bridgehead atoms. The third-order valence-electron chi connectivity index (χ3n) is 2.86. The van der Waals surface area contributed by atoms with E-state index in [1.165, 1.54) is 12.1 Å². The molecule has 0 saturated heterocycles. The molecule has 0 spiro atoms. The van der Waals surface area contributed by atoms with Gasteiger partial charge in [-0.2, -0.15) is 5.26 Å². The molecule has 0 aliphatic rings. The van der Waals surface area contributed by atoms with E-state index in [9.17, 15) is 10.1 Å². The van der Waals surface area contributed by atoms with E-state index in [4.69, 9.17) is 16.9 Å². The van der Waals surface area contributed by atoms with Crippen molar-refractivity contribution in [3.05, 3.63) is 38.9 Å². The van der Waals surface area contributed by atoms with Crippen molar-refractivity contribution in [3.63, 3.8) is 0 Å². The Hall–Kier alpha value is -1.64. The summed E-state index contributed by atoms with van der Waals surface area (Å²) in [5.74, 6) is 0. The number of nitrogens with zero attached hydrogens (tertiary/aromatic N) is 3. The van der Waals surface area contributed by atoms with Gasteiger partial charge < -0.3 is 0 Å². The second kappa shape index (κ2) is 7.07. The molecule has 6 heteroatoms. The minimum Gasteiger partial charge on any atom is -0.296 e. The molecule has 0 aromatic heterocycles. The molecule has 0 N–H and O–H groups in total. The maximum Gasteiger partial charge on any atom is 0.270 e. The summed E-state index contributed by atoms with van der Waals surface area (Å²) in [7, 11) is 0. The van der Waals surface area contributed by atoms with E-state index in [0.717, 1.165) is 5.56 Å². The van der Waals surface area contributed by atoms with Crippen LogP contribution in [0.1, 0.15) is 25.8 Å². The summed E-state index contributed by atoms with van der Waals surface area (Å²) in [6.45, 7) is 5.31. The quantitative estimate of drug-likeness (QED) is 0.592. The van der Waals surface area contributed by atoms with Crippen LogP contribution >= 0.6 is 11.6 Å². The van der Waals surface area contributed by atoms with Gasteiger partial charge in [0.05, 0.1) is 16.0 Å². The van der Waals surface area contributed by atoms with Gasteiger partial charge in [0, 0.05) is 37.7 Å². The van der Waals surface area contributed by atoms with Gasteiger partial charge in [-0.3, -0.25) is 15.0 Å². The predicted molar refractivity (Wildman–Crippen MR) is 73.9 cm³/mol. The number of rotatable bonds is 6. The average molecular weight is 282 g/mol. The van der Waals surface area contributed by atoms with Gasteiger partial charge in [0.25, 0.3) is 5.69 Å². The van der Waals surface area contributed by atoms with Crippen LogP contribution in [-0.4, -0.2) is 22.4 Å². The third kappa shape index (κ3) is 4.51. The first kappa shape index (κ1) is 15.4. The molecular formula is C13H16ClN3O2. The predicted octanol–water partition coefficient (Wildman–Crippen LogP) is 3.37. The van der Waals surface area contributed by atoms with Crippen LogP contribution in [0.2, 0.25) is 5.02 Å². The molecule has 0 aliphatic heterocycles. The van der Waals surface area contributed by atoms with Crippen LogP contribution < -0.4 is 0 Å². The first-order valence-corrected chi connectivity index (χ1v) is 6.37. The second-order valence-electron chi connectivity index (χ2n) is 4.51. The molecule has 0 fully saturated rings. The van der Waals surface area contributed by atoms with Crippen molar-refractivity contribution in [3.8, 4) is 6.07 Å². The molecule has 0 atom stereocenters. The monoisotopic (exact) mass is 281 g/mol. The number of nitro groups is 1. The average Bonchev–Trinajstić information content (AvgIpc) is 2.35. The molecule has 1 aromatic carbocycles. The maximum atomic E-state index is 10.6. The maximum absolute atomic E-state index is 10.6. The van der Waals surface area contributed by atoms with E-state index in [1.54, 1.807) is 6.07 Å². The van der Waals surface area contributed by atoms with E-state index in [1.807, 2.05) is 13.8 Å². The van der Waals surface area contributed by atoms with Gasteiger partial charge in [0.15, 0.2) is 0 Å². The van der Waals surface area contributed by atoms with Crippen molar-refractivity contribution in [1.82, 2.24) is 4.90 Å². The molecular weight excluding hydrogens is 266 g/mol. The summed E-state index contributed by atoms with van der Waals surface area (Å²) in [6.07, 6.45) is 0.447. The number of nitriles is 1. The van der Waals surface area contributed by atoms with Crippen molar-refractivity contribution in [2.24, 2.45) is 0 Å². The standard InChI is InChI=1S/C13H16ClN3O2/c1-10(2)16(7-3-6-15)9-11-4-5-12(17(18)19)8-13(11)14/h4-5,8,10H,3,7,9H2,1-2H3. The smallest absolute Gasteiger partial charge is 0.270 e. The second-order valence-corrected chi connectivity index (χ2v) is 4.91. The Bertz CT molecular complexity index is 497. The van der Waals surface area contributed by atoms with Crippen LogP contribution in [0.5, 0.6) is 0 Å². The van der Waals surface area contributed by atoms with Gasteiger partial charge in [0.2, 0.25) is 0 Å². The Morgan fingerprint density at radius 1 is 1.53 bits per heavy atom. The largest absolute Gasteiger partial charge is 0.296 e.